The summed E-state index contributed by atoms with van der Waals surface area (Å²) in [6, 6.07) is 15.1. The van der Waals surface area contributed by atoms with Gasteiger partial charge in [-0.15, -0.1) is 0 Å². The zero-order valence-corrected chi connectivity index (χ0v) is 12.9. The van der Waals surface area contributed by atoms with Crippen LogP contribution in [0.25, 0.3) is 5.57 Å². The van der Waals surface area contributed by atoms with E-state index in [4.69, 9.17) is 10.5 Å². The van der Waals surface area contributed by atoms with Crippen molar-refractivity contribution >= 4 is 27.1 Å². The Morgan fingerprint density at radius 2 is 1.65 bits per heavy atom. The predicted octanol–water partition coefficient (Wildman–Crippen LogP) is 2.10. The van der Waals surface area contributed by atoms with Crippen LogP contribution in [0.3, 0.4) is 0 Å². The van der Waals surface area contributed by atoms with E-state index < -0.39 is 10.0 Å². The van der Waals surface area contributed by atoms with Crippen molar-refractivity contribution in [3.8, 4) is 0 Å². The fourth-order valence-electron chi connectivity index (χ4n) is 2.52. The van der Waals surface area contributed by atoms with Gasteiger partial charge in [-0.2, -0.15) is 0 Å². The summed E-state index contributed by atoms with van der Waals surface area (Å²) in [5.74, 6) is 0.272. The van der Waals surface area contributed by atoms with Crippen LogP contribution in [0.2, 0.25) is 0 Å². The van der Waals surface area contributed by atoms with Crippen LogP contribution >= 0.6 is 0 Å². The van der Waals surface area contributed by atoms with Gasteiger partial charge >= 0.3 is 0 Å². The van der Waals surface area contributed by atoms with Gasteiger partial charge in [0.05, 0.1) is 17.0 Å². The van der Waals surface area contributed by atoms with Crippen molar-refractivity contribution in [2.24, 2.45) is 5.14 Å². The molecule has 0 saturated heterocycles. The number of amidine groups is 1. The first-order valence-electron chi connectivity index (χ1n) is 6.85. The number of sulfonamides is 1. The van der Waals surface area contributed by atoms with E-state index in [0.717, 1.165) is 5.56 Å². The molecule has 1 heterocycles. The number of nitrogens with one attached hydrogen (secondary N) is 1. The van der Waals surface area contributed by atoms with Crippen LogP contribution in [-0.2, 0) is 10.0 Å². The molecule has 23 heavy (non-hydrogen) atoms. The summed E-state index contributed by atoms with van der Waals surface area (Å²) in [5.41, 5.74) is 1.85. The first-order valence-corrected chi connectivity index (χ1v) is 8.39. The van der Waals surface area contributed by atoms with Gasteiger partial charge in [-0.05, 0) is 29.8 Å². The fourth-order valence-corrected chi connectivity index (χ4v) is 3.04. The monoisotopic (exact) mass is 329 g/mol. The zero-order chi connectivity index (χ0) is 16.6. The highest BCUT2D eigenvalue weighted by atomic mass is 32.2. The minimum atomic E-state index is -3.75. The molecule has 0 aromatic heterocycles. The van der Waals surface area contributed by atoms with Crippen LogP contribution in [0.5, 0.6) is 0 Å². The Labute approximate surface area is 134 Å². The molecule has 0 bridgehead atoms. The lowest BCUT2D eigenvalue weighted by molar-refractivity contribution is 0.411. The smallest absolute Gasteiger partial charge is 0.238 e. The Morgan fingerprint density at radius 3 is 2.22 bits per heavy atom. The summed E-state index contributed by atoms with van der Waals surface area (Å²) in [5, 5.41) is 23.6. The molecule has 0 amide bonds. The minimum Gasteiger partial charge on any atom is -0.510 e. The van der Waals surface area contributed by atoms with Crippen LogP contribution in [-0.4, -0.2) is 25.9 Å². The molecule has 3 rings (SSSR count). The van der Waals surface area contributed by atoms with Crippen LogP contribution in [0, 0.1) is 5.41 Å². The third-order valence-corrected chi connectivity index (χ3v) is 4.57. The van der Waals surface area contributed by atoms with Crippen LogP contribution in [0.15, 0.2) is 65.3 Å². The quantitative estimate of drug-likeness (QED) is 0.801. The maximum absolute atomic E-state index is 11.3. The van der Waals surface area contributed by atoms with Crippen molar-refractivity contribution in [2.75, 3.05) is 11.4 Å². The molecule has 2 aromatic carbocycles. The fraction of sp³-hybridized carbons (Fsp3) is 0.0625. The van der Waals surface area contributed by atoms with E-state index in [1.165, 1.54) is 12.1 Å². The van der Waals surface area contributed by atoms with E-state index in [0.29, 0.717) is 11.3 Å². The van der Waals surface area contributed by atoms with Crippen LogP contribution < -0.4 is 10.0 Å². The maximum atomic E-state index is 11.3. The minimum absolute atomic E-state index is 0.00689. The Balaban J connectivity index is 1.92. The van der Waals surface area contributed by atoms with Gasteiger partial charge in [0.25, 0.3) is 0 Å². The lowest BCUT2D eigenvalue weighted by atomic mass is 10.1. The van der Waals surface area contributed by atoms with Crippen molar-refractivity contribution < 1.29 is 13.5 Å². The molecule has 6 nitrogen and oxygen atoms in total. The summed E-state index contributed by atoms with van der Waals surface area (Å²) in [4.78, 5) is 1.61. The van der Waals surface area contributed by atoms with Gasteiger partial charge in [-0.1, -0.05) is 30.3 Å². The van der Waals surface area contributed by atoms with E-state index in [1.807, 2.05) is 30.3 Å². The van der Waals surface area contributed by atoms with Gasteiger partial charge in [0.15, 0.2) is 0 Å². The van der Waals surface area contributed by atoms with Gasteiger partial charge in [0.1, 0.15) is 11.6 Å². The van der Waals surface area contributed by atoms with Crippen LogP contribution in [0.1, 0.15) is 5.56 Å². The lowest BCUT2D eigenvalue weighted by Crippen LogP contribution is -2.26. The molecule has 1 aliphatic heterocycles. The number of hydrogen-bond acceptors (Lipinski definition) is 4. The number of anilines is 1. The highest BCUT2D eigenvalue weighted by Gasteiger charge is 2.29. The van der Waals surface area contributed by atoms with Crippen molar-refractivity contribution in [3.63, 3.8) is 0 Å². The largest absolute Gasteiger partial charge is 0.510 e. The maximum Gasteiger partial charge on any atom is 0.238 e. The third-order valence-electron chi connectivity index (χ3n) is 3.64. The van der Waals surface area contributed by atoms with Crippen molar-refractivity contribution in [1.29, 1.82) is 5.41 Å². The number of hydrogen-bond donors (Lipinski definition) is 3. The Kier molecular flexibility index (Phi) is 3.67. The normalized spacial score (nSPS) is 15.3. The molecule has 4 N–H and O–H groups in total. The molecular formula is C16H15N3O3S. The summed E-state index contributed by atoms with van der Waals surface area (Å²) in [6.07, 6.45) is 0. The number of nitrogens with zero attached hydrogens (tertiary/aromatic N) is 1. The Morgan fingerprint density at radius 1 is 1.04 bits per heavy atom. The molecule has 0 unspecified atom stereocenters. The topological polar surface area (TPSA) is 107 Å². The van der Waals surface area contributed by atoms with Crippen molar-refractivity contribution in [2.45, 2.75) is 4.90 Å². The number of primary sulfonamides is 1. The molecule has 118 valence electrons. The van der Waals surface area contributed by atoms with E-state index >= 15 is 0 Å². The van der Waals surface area contributed by atoms with Gasteiger partial charge in [-0.25, -0.2) is 13.6 Å². The van der Waals surface area contributed by atoms with Crippen LogP contribution in [0.4, 0.5) is 5.69 Å². The van der Waals surface area contributed by atoms with E-state index in [1.54, 1.807) is 17.0 Å². The SMILES string of the molecule is N=C1C(c2ccccc2)=C(O)CN1c1ccc(S(N)(=O)=O)cc1. The molecule has 2 aromatic rings. The first kappa shape index (κ1) is 15.3. The summed E-state index contributed by atoms with van der Waals surface area (Å²) < 4.78 is 22.6. The average molecular weight is 329 g/mol. The summed E-state index contributed by atoms with van der Waals surface area (Å²) >= 11 is 0. The summed E-state index contributed by atoms with van der Waals surface area (Å²) in [7, 11) is -3.75. The number of benzene rings is 2. The standard InChI is InChI=1S/C16H15N3O3S/c17-16-15(11-4-2-1-3-5-11)14(20)10-19(16)12-6-8-13(9-7-12)23(18,21)22/h1-9,17,20H,10H2,(H2,18,21,22). The average Bonchev–Trinajstić information content (AvgIpc) is 2.82. The second-order valence-electron chi connectivity index (χ2n) is 5.16. The van der Waals surface area contributed by atoms with E-state index in [9.17, 15) is 13.5 Å². The zero-order valence-electron chi connectivity index (χ0n) is 12.1. The highest BCUT2D eigenvalue weighted by Crippen LogP contribution is 2.31. The highest BCUT2D eigenvalue weighted by molar-refractivity contribution is 7.89. The molecule has 0 spiro atoms. The van der Waals surface area contributed by atoms with Crippen molar-refractivity contribution in [3.05, 3.63) is 65.9 Å². The van der Waals surface area contributed by atoms with E-state index in [2.05, 4.69) is 0 Å². The number of rotatable bonds is 3. The van der Waals surface area contributed by atoms with Gasteiger partial charge in [0.2, 0.25) is 10.0 Å². The number of aliphatic hydroxyl groups excluding tert-OH is 1. The van der Waals surface area contributed by atoms with Crippen molar-refractivity contribution in [1.82, 2.24) is 0 Å². The second-order valence-corrected chi connectivity index (χ2v) is 6.72. The molecule has 0 saturated carbocycles. The number of aliphatic hydroxyl groups is 1. The summed E-state index contributed by atoms with van der Waals surface area (Å²) in [6.45, 7) is 0.164. The Bertz CT molecular complexity index is 888. The molecule has 7 heteroatoms. The third kappa shape index (κ3) is 2.84. The molecular weight excluding hydrogens is 314 g/mol. The van der Waals surface area contributed by atoms with Gasteiger partial charge < -0.3 is 10.0 Å². The van der Waals surface area contributed by atoms with E-state index in [-0.39, 0.29) is 23.0 Å². The molecule has 0 aliphatic carbocycles. The van der Waals surface area contributed by atoms with Gasteiger partial charge in [0, 0.05) is 5.69 Å². The molecule has 0 fully saturated rings. The van der Waals surface area contributed by atoms with Gasteiger partial charge in [-0.3, -0.25) is 5.41 Å². The second kappa shape index (κ2) is 5.53. The first-order chi connectivity index (χ1) is 10.9. The molecule has 1 aliphatic rings. The molecule has 0 atom stereocenters. The number of nitrogens with two attached hydrogens (primary N) is 1. The predicted molar refractivity (Wildman–Crippen MR) is 88.9 cm³/mol. The Hall–Kier alpha value is -2.64. The molecule has 0 radical (unpaired) electrons. The lowest BCUT2D eigenvalue weighted by Gasteiger charge is -2.19.